The minimum atomic E-state index is 0.411. The van der Waals surface area contributed by atoms with Gasteiger partial charge in [0.15, 0.2) is 0 Å². The van der Waals surface area contributed by atoms with Crippen molar-refractivity contribution in [2.45, 2.75) is 46.0 Å². The molecule has 18 heavy (non-hydrogen) atoms. The van der Waals surface area contributed by atoms with Crippen LogP contribution < -0.4 is 0 Å². The van der Waals surface area contributed by atoms with E-state index < -0.39 is 0 Å². The van der Waals surface area contributed by atoms with Gasteiger partial charge in [-0.05, 0) is 55.2 Å². The lowest BCUT2D eigenvalue weighted by Gasteiger charge is -2.04. The lowest BCUT2D eigenvalue weighted by atomic mass is 10.0. The third kappa shape index (κ3) is 2.11. The van der Waals surface area contributed by atoms with Crippen LogP contribution in [0.1, 0.15) is 42.4 Å². The molecule has 0 aliphatic heterocycles. The van der Waals surface area contributed by atoms with Crippen molar-refractivity contribution >= 4 is 5.78 Å². The highest BCUT2D eigenvalue weighted by Gasteiger charge is 2.53. The second-order valence-electron chi connectivity index (χ2n) is 6.20. The Labute approximate surface area is 110 Å². The molecule has 2 aliphatic carbocycles. The minimum absolute atomic E-state index is 0.411. The van der Waals surface area contributed by atoms with E-state index >= 15 is 0 Å². The van der Waals surface area contributed by atoms with Gasteiger partial charge in [-0.3, -0.25) is 4.79 Å². The van der Waals surface area contributed by atoms with E-state index in [1.165, 1.54) is 42.4 Å². The number of carbonyl (C=O) groups is 1. The third-order valence-corrected chi connectivity index (χ3v) is 4.98. The SMILES string of the molecule is Cc1ccc(CC(=O)C2C3CCCCC32)cc1C. The summed E-state index contributed by atoms with van der Waals surface area (Å²) in [6, 6.07) is 6.43. The van der Waals surface area contributed by atoms with Crippen LogP contribution in [-0.2, 0) is 11.2 Å². The Bertz CT molecular complexity index is 462. The van der Waals surface area contributed by atoms with Crippen molar-refractivity contribution in [1.29, 1.82) is 0 Å². The van der Waals surface area contributed by atoms with Gasteiger partial charge in [0.2, 0.25) is 0 Å². The molecule has 0 aromatic heterocycles. The van der Waals surface area contributed by atoms with E-state index in [-0.39, 0.29) is 0 Å². The average molecular weight is 242 g/mol. The first-order valence-electron chi connectivity index (χ1n) is 7.25. The minimum Gasteiger partial charge on any atom is -0.299 e. The van der Waals surface area contributed by atoms with E-state index in [9.17, 15) is 4.79 Å². The first kappa shape index (κ1) is 12.0. The summed E-state index contributed by atoms with van der Waals surface area (Å²) in [7, 11) is 0. The summed E-state index contributed by atoms with van der Waals surface area (Å²) < 4.78 is 0. The summed E-state index contributed by atoms with van der Waals surface area (Å²) in [5.41, 5.74) is 3.81. The first-order valence-corrected chi connectivity index (χ1v) is 7.25. The number of benzene rings is 1. The van der Waals surface area contributed by atoms with E-state index in [2.05, 4.69) is 32.0 Å². The molecule has 2 unspecified atom stereocenters. The zero-order chi connectivity index (χ0) is 12.7. The van der Waals surface area contributed by atoms with E-state index in [0.29, 0.717) is 18.1 Å². The Morgan fingerprint density at radius 3 is 2.39 bits per heavy atom. The fourth-order valence-electron chi connectivity index (χ4n) is 3.70. The molecule has 0 N–H and O–H groups in total. The molecule has 2 fully saturated rings. The molecule has 0 radical (unpaired) electrons. The number of Topliss-reactive ketones (excluding diaryl/α,β-unsaturated/α-hetero) is 1. The monoisotopic (exact) mass is 242 g/mol. The zero-order valence-corrected chi connectivity index (χ0v) is 11.4. The van der Waals surface area contributed by atoms with Crippen molar-refractivity contribution in [3.63, 3.8) is 0 Å². The summed E-state index contributed by atoms with van der Waals surface area (Å²) in [6.07, 6.45) is 5.93. The van der Waals surface area contributed by atoms with Gasteiger partial charge in [-0.2, -0.15) is 0 Å². The normalized spacial score (nSPS) is 29.8. The Morgan fingerprint density at radius 1 is 1.11 bits per heavy atom. The maximum atomic E-state index is 12.3. The van der Waals surface area contributed by atoms with Gasteiger partial charge in [0.05, 0.1) is 0 Å². The van der Waals surface area contributed by atoms with Gasteiger partial charge in [-0.1, -0.05) is 31.0 Å². The molecule has 0 spiro atoms. The Kier molecular flexibility index (Phi) is 3.01. The van der Waals surface area contributed by atoms with Gasteiger partial charge in [-0.25, -0.2) is 0 Å². The van der Waals surface area contributed by atoms with Crippen molar-refractivity contribution in [3.05, 3.63) is 34.9 Å². The molecule has 0 amide bonds. The molecule has 1 aromatic carbocycles. The van der Waals surface area contributed by atoms with Crippen molar-refractivity contribution in [2.24, 2.45) is 17.8 Å². The molecule has 96 valence electrons. The summed E-state index contributed by atoms with van der Waals surface area (Å²) in [5, 5.41) is 0. The van der Waals surface area contributed by atoms with Crippen molar-refractivity contribution in [2.75, 3.05) is 0 Å². The number of fused-ring (bicyclic) bond motifs is 1. The summed E-state index contributed by atoms with van der Waals surface area (Å²) in [4.78, 5) is 12.3. The van der Waals surface area contributed by atoms with Gasteiger partial charge in [0.1, 0.15) is 5.78 Å². The predicted molar refractivity (Wildman–Crippen MR) is 73.6 cm³/mol. The van der Waals surface area contributed by atoms with Crippen LogP contribution in [0.15, 0.2) is 18.2 Å². The quantitative estimate of drug-likeness (QED) is 0.786. The molecule has 1 aromatic rings. The maximum Gasteiger partial charge on any atom is 0.140 e. The highest BCUT2D eigenvalue weighted by molar-refractivity contribution is 5.86. The Balaban J connectivity index is 1.66. The fourth-order valence-corrected chi connectivity index (χ4v) is 3.70. The largest absolute Gasteiger partial charge is 0.299 e. The molecule has 1 heteroatoms. The smallest absolute Gasteiger partial charge is 0.140 e. The second kappa shape index (κ2) is 4.53. The fraction of sp³-hybridized carbons (Fsp3) is 0.588. The van der Waals surface area contributed by atoms with E-state index in [4.69, 9.17) is 0 Å². The van der Waals surface area contributed by atoms with Crippen LogP contribution in [0.5, 0.6) is 0 Å². The van der Waals surface area contributed by atoms with Gasteiger partial charge < -0.3 is 0 Å². The molecular formula is C17H22O. The molecule has 1 nitrogen and oxygen atoms in total. The van der Waals surface area contributed by atoms with E-state index in [0.717, 1.165) is 11.8 Å². The van der Waals surface area contributed by atoms with Crippen LogP contribution in [0.4, 0.5) is 0 Å². The first-order chi connectivity index (χ1) is 8.66. The standard InChI is InChI=1S/C17H22O/c1-11-7-8-13(9-12(11)2)10-16(18)17-14-5-3-4-6-15(14)17/h7-9,14-15,17H,3-6,10H2,1-2H3. The molecule has 0 bridgehead atoms. The second-order valence-corrected chi connectivity index (χ2v) is 6.20. The lowest BCUT2D eigenvalue weighted by Crippen LogP contribution is -2.07. The Morgan fingerprint density at radius 2 is 1.78 bits per heavy atom. The molecule has 0 heterocycles. The van der Waals surface area contributed by atoms with Gasteiger partial charge >= 0.3 is 0 Å². The molecular weight excluding hydrogens is 220 g/mol. The van der Waals surface area contributed by atoms with Crippen LogP contribution in [0.25, 0.3) is 0 Å². The topological polar surface area (TPSA) is 17.1 Å². The van der Waals surface area contributed by atoms with Crippen LogP contribution in [-0.4, -0.2) is 5.78 Å². The van der Waals surface area contributed by atoms with E-state index in [1.807, 2.05) is 0 Å². The maximum absolute atomic E-state index is 12.3. The number of rotatable bonds is 3. The number of hydrogen-bond donors (Lipinski definition) is 0. The van der Waals surface area contributed by atoms with Gasteiger partial charge in [0, 0.05) is 12.3 Å². The molecule has 2 aliphatic rings. The molecule has 3 rings (SSSR count). The number of hydrogen-bond acceptors (Lipinski definition) is 1. The van der Waals surface area contributed by atoms with Crippen LogP contribution in [0.3, 0.4) is 0 Å². The van der Waals surface area contributed by atoms with Crippen LogP contribution in [0, 0.1) is 31.6 Å². The predicted octanol–water partition coefficient (Wildman–Crippen LogP) is 3.85. The van der Waals surface area contributed by atoms with Crippen LogP contribution >= 0.6 is 0 Å². The number of aryl methyl sites for hydroxylation is 2. The highest BCUT2D eigenvalue weighted by atomic mass is 16.1. The average Bonchev–Trinajstić information content (AvgIpc) is 3.08. The Hall–Kier alpha value is -1.11. The van der Waals surface area contributed by atoms with Gasteiger partial charge in [-0.15, -0.1) is 0 Å². The molecule has 2 atom stereocenters. The van der Waals surface area contributed by atoms with Crippen molar-refractivity contribution in [3.8, 4) is 0 Å². The van der Waals surface area contributed by atoms with E-state index in [1.54, 1.807) is 0 Å². The van der Waals surface area contributed by atoms with Crippen molar-refractivity contribution in [1.82, 2.24) is 0 Å². The zero-order valence-electron chi connectivity index (χ0n) is 11.4. The number of ketones is 1. The van der Waals surface area contributed by atoms with Crippen molar-refractivity contribution < 1.29 is 4.79 Å². The summed E-state index contributed by atoms with van der Waals surface area (Å²) in [6.45, 7) is 4.25. The molecule has 0 saturated heterocycles. The van der Waals surface area contributed by atoms with Gasteiger partial charge in [0.25, 0.3) is 0 Å². The van der Waals surface area contributed by atoms with Crippen LogP contribution in [0.2, 0.25) is 0 Å². The number of carbonyl (C=O) groups excluding carboxylic acids is 1. The molecule has 2 saturated carbocycles. The lowest BCUT2D eigenvalue weighted by molar-refractivity contribution is -0.120. The highest BCUT2D eigenvalue weighted by Crippen LogP contribution is 2.56. The third-order valence-electron chi connectivity index (χ3n) is 4.98. The summed E-state index contributed by atoms with van der Waals surface area (Å²) >= 11 is 0. The summed E-state index contributed by atoms with van der Waals surface area (Å²) in [5.74, 6) is 2.40.